The molecule has 6 heterocycles. The zero-order valence-corrected chi connectivity index (χ0v) is 47.6. The Morgan fingerprint density at radius 2 is 0.807 bits per heavy atom. The highest BCUT2D eigenvalue weighted by atomic mass is 16.5. The molecular weight excluding hydrogens is 1050 g/mol. The largest absolute Gasteiger partial charge is 0.478 e. The molecule has 0 aliphatic carbocycles. The van der Waals surface area contributed by atoms with Gasteiger partial charge < -0.3 is 53.6 Å². The van der Waals surface area contributed by atoms with Gasteiger partial charge in [-0.2, -0.15) is 5.26 Å². The number of primary amides is 1. The molecule has 0 radical (unpaired) electrons. The number of carboxylic acid groups (broad SMARTS) is 1. The van der Waals surface area contributed by atoms with E-state index in [0.717, 1.165) is 118 Å². The number of hydrogen-bond acceptors (Lipinski definition) is 15. The highest BCUT2D eigenvalue weighted by Gasteiger charge is 2.22. The third kappa shape index (κ3) is 11.4. The molecule has 83 heavy (non-hydrogen) atoms. The summed E-state index contributed by atoms with van der Waals surface area (Å²) in [6, 6.07) is 29.2. The van der Waals surface area contributed by atoms with E-state index in [1.807, 2.05) is 126 Å². The van der Waals surface area contributed by atoms with Crippen LogP contribution in [0.25, 0.3) is 66.5 Å². The van der Waals surface area contributed by atoms with Crippen molar-refractivity contribution >= 4 is 45.0 Å². The fourth-order valence-electron chi connectivity index (χ4n) is 9.82. The van der Waals surface area contributed by atoms with Gasteiger partial charge in [0.05, 0.1) is 50.8 Å². The predicted octanol–water partition coefficient (Wildman–Crippen LogP) is 14.4. The molecule has 6 N–H and O–H groups in total. The number of nitrogens with zero attached hydrogens (tertiary/aromatic N) is 7. The van der Waals surface area contributed by atoms with Crippen molar-refractivity contribution in [1.29, 1.82) is 5.26 Å². The number of rotatable bonds is 11. The van der Waals surface area contributed by atoms with Crippen molar-refractivity contribution in [1.82, 2.24) is 45.4 Å². The summed E-state index contributed by atoms with van der Waals surface area (Å²) in [6.07, 6.45) is 0. The van der Waals surface area contributed by atoms with E-state index in [1.165, 1.54) is 6.07 Å². The van der Waals surface area contributed by atoms with E-state index in [1.54, 1.807) is 42.5 Å². The molecule has 0 bridgehead atoms. The van der Waals surface area contributed by atoms with E-state index < -0.39 is 11.9 Å². The second kappa shape index (κ2) is 22.4. The number of nitrogens with one attached hydrogen (secondary N) is 3. The second-order valence-electron chi connectivity index (χ2n) is 20.2. The maximum atomic E-state index is 11.5. The molecule has 12 rings (SSSR count). The predicted molar refractivity (Wildman–Crippen MR) is 311 cm³/mol. The molecule has 0 saturated carbocycles. The highest BCUT2D eigenvalue weighted by molar-refractivity contribution is 5.94. The molecule has 0 spiro atoms. The Morgan fingerprint density at radius 3 is 1.13 bits per heavy atom. The van der Waals surface area contributed by atoms with Crippen LogP contribution in [-0.4, -0.2) is 62.4 Å². The summed E-state index contributed by atoms with van der Waals surface area (Å²) >= 11 is 0. The number of nitriles is 1. The summed E-state index contributed by atoms with van der Waals surface area (Å²) in [5.74, 6) is 6.38. The van der Waals surface area contributed by atoms with Crippen molar-refractivity contribution in [2.75, 3.05) is 0 Å². The Hall–Kier alpha value is -10.8. The molecule has 0 fully saturated rings. The van der Waals surface area contributed by atoms with Crippen LogP contribution in [0.15, 0.2) is 105 Å². The molecule has 0 unspecified atom stereocenters. The van der Waals surface area contributed by atoms with Gasteiger partial charge in [-0.3, -0.25) is 4.79 Å². The molecule has 0 atom stereocenters. The summed E-state index contributed by atoms with van der Waals surface area (Å²) < 4.78 is 34.5. The number of benzene rings is 6. The van der Waals surface area contributed by atoms with E-state index in [9.17, 15) is 20.0 Å². The first-order valence-corrected chi connectivity index (χ1v) is 26.2. The standard InChI is InChI=1S/C21H20N4O3.C21H18N4O2.C21H19N3O4/c1-10-5-6-14(21(22)26)8-17(10)27-18-9-15(19-11(2)25-28-12(19)3)7-16-20(18)24-13(4)23-16;1-11-5-6-15(10-22)7-18(11)26-19-9-16(20-12(2)25-27-13(20)3)8-17-21(19)24-14(4)23-17;1-10-5-6-14(21(25)26)8-17(10)27-18-9-15(19-11(2)24-28-12(19)3)7-16-20(18)23-13(4)22-16/h5-9H,1-4H3,(H2,22,26)(H,23,24);5-9H,1-4H3,(H,23,24);5-9H,1-4H3,(H,22,23)(H,25,26). The number of ether oxygens (including phenoxy) is 3. The topological polar surface area (TPSA) is 296 Å². The fraction of sp³-hybridized carbons (Fsp3) is 0.190. The van der Waals surface area contributed by atoms with Crippen molar-refractivity contribution in [2.45, 2.75) is 83.1 Å². The normalized spacial score (nSPS) is 11.1. The number of carbonyl (C=O) groups excluding carboxylic acids is 1. The van der Waals surface area contributed by atoms with Crippen LogP contribution in [0.3, 0.4) is 0 Å². The summed E-state index contributed by atoms with van der Waals surface area (Å²) in [7, 11) is 0. The Balaban J connectivity index is 0.000000139. The molecule has 6 aromatic carbocycles. The van der Waals surface area contributed by atoms with Gasteiger partial charge in [-0.1, -0.05) is 33.7 Å². The van der Waals surface area contributed by atoms with E-state index in [-0.39, 0.29) is 5.56 Å². The first-order chi connectivity index (χ1) is 39.6. The number of carbonyl (C=O) groups is 2. The van der Waals surface area contributed by atoms with Gasteiger partial charge in [-0.05, 0) is 189 Å². The quantitative estimate of drug-likeness (QED) is 0.0804. The van der Waals surface area contributed by atoms with Crippen LogP contribution < -0.4 is 19.9 Å². The SMILES string of the molecule is Cc1nc2c(Oc3cc(C#N)ccc3C)cc(-c3c(C)noc3C)cc2[nH]1.Cc1nc2c(Oc3cc(C(=O)O)ccc3C)cc(-c3c(C)noc3C)cc2[nH]1.Cc1nc2c(Oc3cc(C(N)=O)ccc3C)cc(-c3c(C)noc3C)cc2[nH]1. The van der Waals surface area contributed by atoms with Crippen LogP contribution in [0.4, 0.5) is 0 Å². The lowest BCUT2D eigenvalue weighted by atomic mass is 10.0. The molecule has 12 aromatic rings. The van der Waals surface area contributed by atoms with Gasteiger partial charge in [0.15, 0.2) is 17.2 Å². The van der Waals surface area contributed by atoms with Gasteiger partial charge in [0.2, 0.25) is 5.91 Å². The number of nitrogens with two attached hydrogens (primary N) is 1. The summed E-state index contributed by atoms with van der Waals surface area (Å²) in [5, 5.41) is 30.6. The minimum atomic E-state index is -1.00. The van der Waals surface area contributed by atoms with Crippen LogP contribution in [0, 0.1) is 94.4 Å². The average Bonchev–Trinajstić information content (AvgIpc) is 3.82. The number of H-pyrrole nitrogens is 3. The van der Waals surface area contributed by atoms with Crippen molar-refractivity contribution < 1.29 is 42.5 Å². The molecule has 0 saturated heterocycles. The minimum absolute atomic E-state index is 0.164. The van der Waals surface area contributed by atoms with E-state index in [2.05, 4.69) is 51.4 Å². The molecule has 0 aliphatic heterocycles. The number of carboxylic acids is 1. The zero-order valence-electron chi connectivity index (χ0n) is 47.6. The van der Waals surface area contributed by atoms with E-state index >= 15 is 0 Å². The smallest absolute Gasteiger partial charge is 0.335 e. The lowest BCUT2D eigenvalue weighted by Crippen LogP contribution is -2.10. The molecule has 6 aromatic heterocycles. The summed E-state index contributed by atoms with van der Waals surface area (Å²) in [4.78, 5) is 46.3. The van der Waals surface area contributed by atoms with Gasteiger partial charge in [-0.25, -0.2) is 19.7 Å². The molecule has 418 valence electrons. The third-order valence-corrected chi connectivity index (χ3v) is 13.9. The third-order valence-electron chi connectivity index (χ3n) is 13.9. The van der Waals surface area contributed by atoms with Gasteiger partial charge >= 0.3 is 5.97 Å². The maximum absolute atomic E-state index is 11.5. The van der Waals surface area contributed by atoms with Crippen LogP contribution in [0.5, 0.6) is 34.5 Å². The fourth-order valence-corrected chi connectivity index (χ4v) is 9.82. The van der Waals surface area contributed by atoms with Crippen molar-refractivity contribution in [3.63, 3.8) is 0 Å². The van der Waals surface area contributed by atoms with Crippen molar-refractivity contribution in [2.24, 2.45) is 5.73 Å². The van der Waals surface area contributed by atoms with E-state index in [4.69, 9.17) is 33.5 Å². The van der Waals surface area contributed by atoms with Crippen LogP contribution in [0.1, 0.15) is 94.8 Å². The number of fused-ring (bicyclic) bond motifs is 3. The minimum Gasteiger partial charge on any atom is -0.478 e. The van der Waals surface area contributed by atoms with Crippen LogP contribution in [-0.2, 0) is 0 Å². The molecular formula is C63H57N11O9. The zero-order chi connectivity index (χ0) is 59.1. The number of hydrogen-bond donors (Lipinski definition) is 5. The second-order valence-corrected chi connectivity index (χ2v) is 20.2. The Bertz CT molecular complexity index is 4310. The Kier molecular flexibility index (Phi) is 15.0. The molecule has 1 amide bonds. The Labute approximate surface area is 475 Å². The average molecular weight is 1110 g/mol. The maximum Gasteiger partial charge on any atom is 0.335 e. The Morgan fingerprint density at radius 1 is 0.470 bits per heavy atom. The lowest BCUT2D eigenvalue weighted by Gasteiger charge is -2.12. The van der Waals surface area contributed by atoms with Gasteiger partial charge in [0.1, 0.15) is 68.6 Å². The highest BCUT2D eigenvalue weighted by Crippen LogP contribution is 2.41. The summed E-state index contributed by atoms with van der Waals surface area (Å²) in [5.41, 5.74) is 21.7. The van der Waals surface area contributed by atoms with Gasteiger partial charge in [-0.15, -0.1) is 0 Å². The first kappa shape index (κ1) is 55.5. The first-order valence-electron chi connectivity index (χ1n) is 26.2. The molecule has 0 aliphatic rings. The van der Waals surface area contributed by atoms with Gasteiger partial charge in [0, 0.05) is 22.3 Å². The molecule has 20 nitrogen and oxygen atoms in total. The molecule has 20 heteroatoms. The van der Waals surface area contributed by atoms with Crippen LogP contribution in [0.2, 0.25) is 0 Å². The number of amides is 1. The lowest BCUT2D eigenvalue weighted by molar-refractivity contribution is 0.0696. The monoisotopic (exact) mass is 1110 g/mol. The van der Waals surface area contributed by atoms with Crippen molar-refractivity contribution in [3.8, 4) is 73.9 Å². The number of aryl methyl sites for hydroxylation is 12. The summed E-state index contributed by atoms with van der Waals surface area (Å²) in [6.45, 7) is 22.7. The van der Waals surface area contributed by atoms with Crippen LogP contribution >= 0.6 is 0 Å². The number of aromatic carboxylic acids is 1. The number of aromatic nitrogens is 9. The van der Waals surface area contributed by atoms with Gasteiger partial charge in [0.25, 0.3) is 0 Å². The number of aromatic amines is 3. The van der Waals surface area contributed by atoms with Crippen molar-refractivity contribution in [3.05, 3.63) is 176 Å². The number of imidazole rings is 3. The van der Waals surface area contributed by atoms with E-state index in [0.29, 0.717) is 62.4 Å².